The van der Waals surface area contributed by atoms with Gasteiger partial charge in [-0.15, -0.1) is 16.4 Å². The Balaban J connectivity index is 1.43. The molecular weight excluding hydrogens is 300 g/mol. The van der Waals surface area contributed by atoms with Crippen LogP contribution in [-0.4, -0.2) is 49.5 Å². The number of thiazole rings is 1. The highest BCUT2D eigenvalue weighted by atomic mass is 32.1. The molecule has 1 fully saturated rings. The van der Waals surface area contributed by atoms with E-state index in [4.69, 9.17) is 0 Å². The van der Waals surface area contributed by atoms with Gasteiger partial charge in [0.25, 0.3) is 5.91 Å². The zero-order valence-corrected chi connectivity index (χ0v) is 12.5. The number of fused-ring (bicyclic) bond motifs is 1. The number of anilines is 1. The standard InChI is InChI=1S/C14H14N6OS/c21-14(11-8-22-9-16-11)19-5-3-10(7-19)17-12-1-2-13-15-4-6-20(13)18-12/h1-2,4,6,8-10H,3,5,7H2,(H,17,18). The van der Waals surface area contributed by atoms with Gasteiger partial charge in [0.2, 0.25) is 0 Å². The first-order valence-electron chi connectivity index (χ1n) is 7.04. The van der Waals surface area contributed by atoms with Crippen molar-refractivity contribution >= 4 is 28.7 Å². The molecule has 0 saturated carbocycles. The van der Waals surface area contributed by atoms with Gasteiger partial charge in [-0.1, -0.05) is 0 Å². The number of nitrogens with zero attached hydrogens (tertiary/aromatic N) is 5. The molecule has 8 heteroatoms. The Labute approximate surface area is 130 Å². The number of rotatable bonds is 3. The van der Waals surface area contributed by atoms with Gasteiger partial charge >= 0.3 is 0 Å². The van der Waals surface area contributed by atoms with Gasteiger partial charge in [0.1, 0.15) is 11.5 Å². The fourth-order valence-electron chi connectivity index (χ4n) is 2.64. The fourth-order valence-corrected chi connectivity index (χ4v) is 3.17. The maximum Gasteiger partial charge on any atom is 0.273 e. The van der Waals surface area contributed by atoms with E-state index in [1.165, 1.54) is 11.3 Å². The summed E-state index contributed by atoms with van der Waals surface area (Å²) in [6, 6.07) is 4.03. The highest BCUT2D eigenvalue weighted by Crippen LogP contribution is 2.17. The van der Waals surface area contributed by atoms with E-state index in [0.29, 0.717) is 12.2 Å². The van der Waals surface area contributed by atoms with Crippen LogP contribution in [0.5, 0.6) is 0 Å². The summed E-state index contributed by atoms with van der Waals surface area (Å²) in [5.41, 5.74) is 3.03. The van der Waals surface area contributed by atoms with E-state index < -0.39 is 0 Å². The third-order valence-electron chi connectivity index (χ3n) is 3.73. The molecule has 112 valence electrons. The smallest absolute Gasteiger partial charge is 0.273 e. The van der Waals surface area contributed by atoms with Crippen LogP contribution in [0.1, 0.15) is 16.9 Å². The molecule has 7 nitrogen and oxygen atoms in total. The zero-order chi connectivity index (χ0) is 14.9. The molecule has 4 rings (SSSR count). The van der Waals surface area contributed by atoms with Crippen LogP contribution >= 0.6 is 11.3 Å². The fraction of sp³-hybridized carbons (Fsp3) is 0.286. The number of hydrogen-bond acceptors (Lipinski definition) is 6. The van der Waals surface area contributed by atoms with Crippen molar-refractivity contribution in [2.75, 3.05) is 18.4 Å². The number of imidazole rings is 1. The third kappa shape index (κ3) is 2.41. The maximum absolute atomic E-state index is 12.3. The van der Waals surface area contributed by atoms with Crippen LogP contribution in [0.2, 0.25) is 0 Å². The van der Waals surface area contributed by atoms with E-state index in [0.717, 1.165) is 24.4 Å². The zero-order valence-electron chi connectivity index (χ0n) is 11.7. The molecule has 1 saturated heterocycles. The topological polar surface area (TPSA) is 75.4 Å². The Morgan fingerprint density at radius 2 is 2.32 bits per heavy atom. The van der Waals surface area contributed by atoms with Gasteiger partial charge < -0.3 is 10.2 Å². The predicted molar refractivity (Wildman–Crippen MR) is 83.0 cm³/mol. The van der Waals surface area contributed by atoms with Crippen LogP contribution in [0.15, 0.2) is 35.4 Å². The van der Waals surface area contributed by atoms with Gasteiger partial charge in [0.15, 0.2) is 5.65 Å². The molecule has 1 unspecified atom stereocenters. The Bertz CT molecular complexity index is 799. The second-order valence-corrected chi connectivity index (χ2v) is 5.92. The molecular formula is C14H14N6OS. The SMILES string of the molecule is O=C(c1cscn1)N1CCC(Nc2ccc3nccn3n2)C1. The van der Waals surface area contributed by atoms with Crippen molar-refractivity contribution in [3.8, 4) is 0 Å². The first-order valence-corrected chi connectivity index (χ1v) is 7.98. The Morgan fingerprint density at radius 1 is 1.36 bits per heavy atom. The van der Waals surface area contributed by atoms with Crippen LogP contribution in [0.3, 0.4) is 0 Å². The minimum atomic E-state index is 0.00331. The normalized spacial score (nSPS) is 18.0. The summed E-state index contributed by atoms with van der Waals surface area (Å²) in [6.45, 7) is 1.40. The van der Waals surface area contributed by atoms with Gasteiger partial charge in [-0.3, -0.25) is 4.79 Å². The molecule has 22 heavy (non-hydrogen) atoms. The Kier molecular flexibility index (Phi) is 3.23. The van der Waals surface area contributed by atoms with Crippen LogP contribution < -0.4 is 5.32 Å². The molecule has 1 N–H and O–H groups in total. The van der Waals surface area contributed by atoms with Gasteiger partial charge in [-0.05, 0) is 18.6 Å². The monoisotopic (exact) mass is 314 g/mol. The van der Waals surface area contributed by atoms with Crippen LogP contribution in [0.4, 0.5) is 5.82 Å². The Morgan fingerprint density at radius 3 is 3.18 bits per heavy atom. The van der Waals surface area contributed by atoms with E-state index in [9.17, 15) is 4.79 Å². The highest BCUT2D eigenvalue weighted by Gasteiger charge is 2.27. The number of aromatic nitrogens is 4. The lowest BCUT2D eigenvalue weighted by molar-refractivity contribution is 0.0786. The highest BCUT2D eigenvalue weighted by molar-refractivity contribution is 7.07. The van der Waals surface area contributed by atoms with Gasteiger partial charge in [-0.2, -0.15) is 0 Å². The molecule has 1 aliphatic rings. The van der Waals surface area contributed by atoms with Crippen molar-refractivity contribution in [2.45, 2.75) is 12.5 Å². The lowest BCUT2D eigenvalue weighted by Crippen LogP contribution is -2.31. The largest absolute Gasteiger partial charge is 0.364 e. The summed E-state index contributed by atoms with van der Waals surface area (Å²) >= 11 is 1.44. The average Bonchev–Trinajstić information content (AvgIpc) is 3.27. The van der Waals surface area contributed by atoms with Gasteiger partial charge in [0, 0.05) is 36.9 Å². The van der Waals surface area contributed by atoms with Crippen molar-refractivity contribution in [2.24, 2.45) is 0 Å². The third-order valence-corrected chi connectivity index (χ3v) is 4.32. The second kappa shape index (κ2) is 5.38. The Hall–Kier alpha value is -2.48. The maximum atomic E-state index is 12.3. The summed E-state index contributed by atoms with van der Waals surface area (Å²) in [6.07, 6.45) is 4.43. The lowest BCUT2D eigenvalue weighted by Gasteiger charge is -2.16. The predicted octanol–water partition coefficient (Wildman–Crippen LogP) is 1.51. The first kappa shape index (κ1) is 13.2. The average molecular weight is 314 g/mol. The summed E-state index contributed by atoms with van der Waals surface area (Å²) in [4.78, 5) is 22.3. The van der Waals surface area contributed by atoms with Crippen molar-refractivity contribution in [3.05, 3.63) is 41.1 Å². The number of likely N-dealkylation sites (tertiary alicyclic amines) is 1. The second-order valence-electron chi connectivity index (χ2n) is 5.20. The van der Waals surface area contributed by atoms with Crippen LogP contribution in [0.25, 0.3) is 5.65 Å². The molecule has 0 aliphatic carbocycles. The van der Waals surface area contributed by atoms with Crippen molar-refractivity contribution < 1.29 is 4.79 Å². The molecule has 1 aliphatic heterocycles. The van der Waals surface area contributed by atoms with Gasteiger partial charge in [0.05, 0.1) is 5.51 Å². The molecule has 0 spiro atoms. The van der Waals surface area contributed by atoms with Gasteiger partial charge in [-0.25, -0.2) is 14.5 Å². The van der Waals surface area contributed by atoms with E-state index in [1.54, 1.807) is 21.6 Å². The van der Waals surface area contributed by atoms with Crippen LogP contribution in [-0.2, 0) is 0 Å². The minimum absolute atomic E-state index is 0.00331. The van der Waals surface area contributed by atoms with E-state index in [2.05, 4.69) is 20.4 Å². The molecule has 1 atom stereocenters. The van der Waals surface area contributed by atoms with Crippen molar-refractivity contribution in [3.63, 3.8) is 0 Å². The molecule has 1 amide bonds. The number of carbonyl (C=O) groups excluding carboxylic acids is 1. The first-order chi connectivity index (χ1) is 10.8. The quantitative estimate of drug-likeness (QED) is 0.793. The molecule has 0 bridgehead atoms. The number of nitrogens with one attached hydrogen (secondary N) is 1. The number of amides is 1. The summed E-state index contributed by atoms with van der Waals surface area (Å²) in [5.74, 6) is 0.794. The number of hydrogen-bond donors (Lipinski definition) is 1. The van der Waals surface area contributed by atoms with Crippen molar-refractivity contribution in [1.29, 1.82) is 0 Å². The summed E-state index contributed by atoms with van der Waals surface area (Å²) in [5, 5.41) is 9.62. The summed E-state index contributed by atoms with van der Waals surface area (Å²) in [7, 11) is 0. The molecule has 4 heterocycles. The van der Waals surface area contributed by atoms with E-state index >= 15 is 0 Å². The summed E-state index contributed by atoms with van der Waals surface area (Å²) < 4.78 is 1.73. The minimum Gasteiger partial charge on any atom is -0.364 e. The molecule has 0 radical (unpaired) electrons. The lowest BCUT2D eigenvalue weighted by atomic mass is 10.2. The molecule has 3 aromatic rings. The van der Waals surface area contributed by atoms with E-state index in [-0.39, 0.29) is 11.9 Å². The molecule has 0 aromatic carbocycles. The van der Waals surface area contributed by atoms with E-state index in [1.807, 2.05) is 23.2 Å². The van der Waals surface area contributed by atoms with Crippen molar-refractivity contribution in [1.82, 2.24) is 24.5 Å². The molecule has 3 aromatic heterocycles. The number of carbonyl (C=O) groups is 1. The van der Waals surface area contributed by atoms with Crippen LogP contribution in [0, 0.1) is 0 Å².